The van der Waals surface area contributed by atoms with E-state index in [1.54, 1.807) is 12.1 Å². The summed E-state index contributed by atoms with van der Waals surface area (Å²) in [4.78, 5) is 18.1. The number of alkyl halides is 3. The zero-order valence-corrected chi connectivity index (χ0v) is 16.2. The highest BCUT2D eigenvalue weighted by Crippen LogP contribution is 2.33. The van der Waals surface area contributed by atoms with Gasteiger partial charge in [-0.3, -0.25) is 9.78 Å². The Labute approximate surface area is 173 Å². The van der Waals surface area contributed by atoms with Crippen LogP contribution in [0.1, 0.15) is 16.7 Å². The number of phenolic OH excluding ortho intramolecular Hbond substituents is 1. The van der Waals surface area contributed by atoms with Crippen LogP contribution in [0, 0.1) is 4.77 Å². The van der Waals surface area contributed by atoms with Gasteiger partial charge in [-0.2, -0.15) is 13.2 Å². The fraction of sp³-hybridized carbons (Fsp3) is 0.0909. The Bertz CT molecular complexity index is 1360. The van der Waals surface area contributed by atoms with E-state index >= 15 is 0 Å². The summed E-state index contributed by atoms with van der Waals surface area (Å²) in [5, 5.41) is 12.1. The summed E-state index contributed by atoms with van der Waals surface area (Å²) in [6.45, 7) is 0. The standard InChI is InChI=1S/C22H15F3N2O2S/c23-22(24,25)14-8-5-13(6-9-14)19-17(20(29)27-21(30)26-19)11-16-15-4-2-1-3-12(15)7-10-18(16)28/h1-10,28H,11H2,(H2,26,27,29,30). The molecule has 0 saturated carbocycles. The number of fused-ring (bicyclic) bond motifs is 1. The summed E-state index contributed by atoms with van der Waals surface area (Å²) in [5.41, 5.74) is 0.232. The van der Waals surface area contributed by atoms with E-state index in [0.29, 0.717) is 16.8 Å². The Morgan fingerprint density at radius 1 is 0.900 bits per heavy atom. The van der Waals surface area contributed by atoms with Crippen molar-refractivity contribution in [3.05, 3.63) is 92.5 Å². The van der Waals surface area contributed by atoms with Crippen LogP contribution in [0.25, 0.3) is 22.0 Å². The maximum absolute atomic E-state index is 12.9. The number of H-pyrrole nitrogens is 2. The van der Waals surface area contributed by atoms with Gasteiger partial charge in [0, 0.05) is 17.5 Å². The van der Waals surface area contributed by atoms with Crippen molar-refractivity contribution in [3.8, 4) is 17.0 Å². The molecule has 0 bridgehead atoms. The minimum Gasteiger partial charge on any atom is -0.508 e. The molecule has 4 rings (SSSR count). The van der Waals surface area contributed by atoms with Crippen LogP contribution < -0.4 is 5.56 Å². The number of phenols is 1. The quantitative estimate of drug-likeness (QED) is 0.374. The van der Waals surface area contributed by atoms with Gasteiger partial charge in [-0.15, -0.1) is 0 Å². The molecule has 0 saturated heterocycles. The molecule has 0 radical (unpaired) electrons. The summed E-state index contributed by atoms with van der Waals surface area (Å²) in [6.07, 6.45) is -4.40. The molecule has 0 fully saturated rings. The first-order chi connectivity index (χ1) is 14.2. The molecule has 3 N–H and O–H groups in total. The number of rotatable bonds is 3. The zero-order valence-electron chi connectivity index (χ0n) is 15.4. The zero-order chi connectivity index (χ0) is 21.5. The lowest BCUT2D eigenvalue weighted by Crippen LogP contribution is -2.17. The third-order valence-electron chi connectivity index (χ3n) is 4.91. The maximum Gasteiger partial charge on any atom is 0.416 e. The van der Waals surface area contributed by atoms with Crippen LogP contribution in [-0.2, 0) is 12.6 Å². The normalized spacial score (nSPS) is 11.7. The Hall–Kier alpha value is -3.39. The second kappa shape index (κ2) is 7.46. The predicted molar refractivity (Wildman–Crippen MR) is 111 cm³/mol. The Morgan fingerprint density at radius 3 is 2.30 bits per heavy atom. The number of aromatic nitrogens is 2. The lowest BCUT2D eigenvalue weighted by molar-refractivity contribution is -0.137. The summed E-state index contributed by atoms with van der Waals surface area (Å²) < 4.78 is 38.8. The van der Waals surface area contributed by atoms with Gasteiger partial charge in [-0.1, -0.05) is 42.5 Å². The second-order valence-electron chi connectivity index (χ2n) is 6.80. The SMILES string of the molecule is O=c1[nH]c(=S)[nH]c(-c2ccc(C(F)(F)F)cc2)c1Cc1c(O)ccc2ccccc12. The molecule has 0 unspecified atom stereocenters. The fourth-order valence-electron chi connectivity index (χ4n) is 3.44. The molecule has 0 spiro atoms. The number of nitrogens with one attached hydrogen (secondary N) is 2. The van der Waals surface area contributed by atoms with Crippen LogP contribution >= 0.6 is 12.2 Å². The van der Waals surface area contributed by atoms with Gasteiger partial charge in [0.05, 0.1) is 11.3 Å². The number of hydrogen-bond acceptors (Lipinski definition) is 3. The van der Waals surface area contributed by atoms with Crippen LogP contribution in [0.5, 0.6) is 5.75 Å². The molecule has 0 aliphatic carbocycles. The third kappa shape index (κ3) is 3.73. The van der Waals surface area contributed by atoms with Crippen molar-refractivity contribution >= 4 is 23.0 Å². The summed E-state index contributed by atoms with van der Waals surface area (Å²) in [5.74, 6) is 0.0221. The summed E-state index contributed by atoms with van der Waals surface area (Å²) in [7, 11) is 0. The minimum atomic E-state index is -4.46. The molecule has 0 atom stereocenters. The maximum atomic E-state index is 12.9. The lowest BCUT2D eigenvalue weighted by atomic mass is 9.95. The number of aromatic hydroxyl groups is 1. The van der Waals surface area contributed by atoms with Gasteiger partial charge < -0.3 is 10.1 Å². The van der Waals surface area contributed by atoms with Crippen molar-refractivity contribution in [2.75, 3.05) is 0 Å². The number of benzene rings is 3. The van der Waals surface area contributed by atoms with Gasteiger partial charge in [-0.05, 0) is 46.8 Å². The van der Waals surface area contributed by atoms with Gasteiger partial charge in [0.15, 0.2) is 4.77 Å². The van der Waals surface area contributed by atoms with Gasteiger partial charge in [0.1, 0.15) is 5.75 Å². The molecule has 3 aromatic carbocycles. The van der Waals surface area contributed by atoms with Crippen molar-refractivity contribution in [1.29, 1.82) is 0 Å². The van der Waals surface area contributed by atoms with Crippen molar-refractivity contribution in [3.63, 3.8) is 0 Å². The highest BCUT2D eigenvalue weighted by molar-refractivity contribution is 7.71. The smallest absolute Gasteiger partial charge is 0.416 e. The fourth-order valence-corrected chi connectivity index (χ4v) is 3.64. The van der Waals surface area contributed by atoms with E-state index in [1.807, 2.05) is 24.3 Å². The third-order valence-corrected chi connectivity index (χ3v) is 5.12. The van der Waals surface area contributed by atoms with Crippen LogP contribution in [-0.4, -0.2) is 15.1 Å². The van der Waals surface area contributed by atoms with Crippen molar-refractivity contribution in [1.82, 2.24) is 9.97 Å². The Balaban J connectivity index is 1.88. The first-order valence-electron chi connectivity index (χ1n) is 8.97. The van der Waals surface area contributed by atoms with E-state index in [-0.39, 0.29) is 22.5 Å². The van der Waals surface area contributed by atoms with Gasteiger partial charge >= 0.3 is 6.18 Å². The van der Waals surface area contributed by atoms with Crippen LogP contribution in [0.2, 0.25) is 0 Å². The first kappa shape index (κ1) is 19.9. The average Bonchev–Trinajstić information content (AvgIpc) is 2.71. The average molecular weight is 428 g/mol. The molecule has 1 aromatic heterocycles. The van der Waals surface area contributed by atoms with Crippen molar-refractivity contribution in [2.45, 2.75) is 12.6 Å². The number of halogens is 3. The molecule has 0 aliphatic heterocycles. The number of aromatic amines is 2. The van der Waals surface area contributed by atoms with E-state index in [1.165, 1.54) is 12.1 Å². The highest BCUT2D eigenvalue weighted by Gasteiger charge is 2.30. The molecule has 0 aliphatic rings. The molecule has 152 valence electrons. The highest BCUT2D eigenvalue weighted by atomic mass is 32.1. The molecule has 4 nitrogen and oxygen atoms in total. The molecular formula is C22H15F3N2O2S. The minimum absolute atomic E-state index is 0.0221. The van der Waals surface area contributed by atoms with Gasteiger partial charge in [0.25, 0.3) is 5.56 Å². The summed E-state index contributed by atoms with van der Waals surface area (Å²) in [6, 6.07) is 15.2. The predicted octanol–water partition coefficient (Wildman–Crippen LogP) is 5.57. The molecule has 0 amide bonds. The van der Waals surface area contributed by atoms with E-state index in [9.17, 15) is 23.1 Å². The largest absolute Gasteiger partial charge is 0.508 e. The van der Waals surface area contributed by atoms with E-state index in [2.05, 4.69) is 9.97 Å². The van der Waals surface area contributed by atoms with Crippen molar-refractivity contribution in [2.24, 2.45) is 0 Å². The van der Waals surface area contributed by atoms with Crippen LogP contribution in [0.3, 0.4) is 0 Å². The molecular weight excluding hydrogens is 413 g/mol. The topological polar surface area (TPSA) is 68.9 Å². The van der Waals surface area contributed by atoms with Crippen molar-refractivity contribution < 1.29 is 18.3 Å². The number of hydrogen-bond donors (Lipinski definition) is 3. The monoisotopic (exact) mass is 428 g/mol. The van der Waals surface area contributed by atoms with Gasteiger partial charge in [0.2, 0.25) is 0 Å². The second-order valence-corrected chi connectivity index (χ2v) is 7.21. The summed E-state index contributed by atoms with van der Waals surface area (Å²) >= 11 is 5.06. The lowest BCUT2D eigenvalue weighted by Gasteiger charge is -2.13. The van der Waals surface area contributed by atoms with Gasteiger partial charge in [-0.25, -0.2) is 0 Å². The Morgan fingerprint density at radius 2 is 1.60 bits per heavy atom. The molecule has 30 heavy (non-hydrogen) atoms. The van der Waals surface area contributed by atoms with Crippen LogP contribution in [0.4, 0.5) is 13.2 Å². The van der Waals surface area contributed by atoms with E-state index in [4.69, 9.17) is 12.2 Å². The first-order valence-corrected chi connectivity index (χ1v) is 9.37. The molecule has 4 aromatic rings. The molecule has 8 heteroatoms. The van der Waals surface area contributed by atoms with Crippen LogP contribution in [0.15, 0.2) is 65.5 Å². The molecule has 1 heterocycles. The van der Waals surface area contributed by atoms with E-state index in [0.717, 1.165) is 22.9 Å². The Kier molecular flexibility index (Phi) is 4.95. The van der Waals surface area contributed by atoms with E-state index < -0.39 is 17.3 Å².